The molecule has 84 valence electrons. The summed E-state index contributed by atoms with van der Waals surface area (Å²) in [6, 6.07) is 1.63. The van der Waals surface area contributed by atoms with Gasteiger partial charge in [-0.2, -0.15) is 0 Å². The number of hydrogen-bond donors (Lipinski definition) is 1. The van der Waals surface area contributed by atoms with Crippen molar-refractivity contribution in [3.05, 3.63) is 22.8 Å². The molecule has 0 bridgehead atoms. The fourth-order valence-corrected chi connectivity index (χ4v) is 1.24. The minimum atomic E-state index is -0.0774. The van der Waals surface area contributed by atoms with Crippen molar-refractivity contribution < 1.29 is 14.6 Å². The third-order valence-corrected chi connectivity index (χ3v) is 1.99. The van der Waals surface area contributed by atoms with E-state index in [0.717, 1.165) is 0 Å². The molecule has 0 fully saturated rings. The molecular formula is C10H14ClNO3. The third-order valence-electron chi connectivity index (χ3n) is 1.72. The number of pyridine rings is 1. The highest BCUT2D eigenvalue weighted by molar-refractivity contribution is 6.31. The third kappa shape index (κ3) is 4.03. The highest BCUT2D eigenvalue weighted by Gasteiger charge is 2.04. The molecule has 1 aromatic heterocycles. The lowest BCUT2D eigenvalue weighted by Crippen LogP contribution is -2.07. The van der Waals surface area contributed by atoms with E-state index in [1.165, 1.54) is 6.20 Å². The molecule has 4 nitrogen and oxygen atoms in total. The zero-order chi connectivity index (χ0) is 11.1. The van der Waals surface area contributed by atoms with Gasteiger partial charge in [-0.15, -0.1) is 0 Å². The standard InChI is InChI=1S/C10H14ClNO3/c1-2-14-3-4-15-10-9(11)5-8(7-13)6-12-10/h5-6,13H,2-4,7H2,1H3. The molecule has 1 rings (SSSR count). The first-order valence-electron chi connectivity index (χ1n) is 4.73. The summed E-state index contributed by atoms with van der Waals surface area (Å²) in [6.07, 6.45) is 1.53. The fourth-order valence-electron chi connectivity index (χ4n) is 0.999. The zero-order valence-electron chi connectivity index (χ0n) is 8.57. The molecule has 0 spiro atoms. The summed E-state index contributed by atoms with van der Waals surface area (Å²) in [5.41, 5.74) is 0.664. The van der Waals surface area contributed by atoms with Crippen LogP contribution in [0, 0.1) is 0 Å². The first kappa shape index (κ1) is 12.2. The number of rotatable bonds is 6. The molecule has 0 saturated carbocycles. The van der Waals surface area contributed by atoms with Crippen LogP contribution >= 0.6 is 11.6 Å². The van der Waals surface area contributed by atoms with Crippen LogP contribution < -0.4 is 4.74 Å². The molecule has 1 N–H and O–H groups in total. The van der Waals surface area contributed by atoms with Crippen LogP contribution in [0.3, 0.4) is 0 Å². The van der Waals surface area contributed by atoms with Gasteiger partial charge in [-0.1, -0.05) is 11.6 Å². The van der Waals surface area contributed by atoms with E-state index in [4.69, 9.17) is 26.2 Å². The predicted octanol–water partition coefficient (Wildman–Crippen LogP) is 1.64. The lowest BCUT2D eigenvalue weighted by Gasteiger charge is -2.07. The Bertz CT molecular complexity index is 307. The smallest absolute Gasteiger partial charge is 0.232 e. The highest BCUT2D eigenvalue weighted by atomic mass is 35.5. The van der Waals surface area contributed by atoms with Crippen molar-refractivity contribution in [1.82, 2.24) is 4.98 Å². The predicted molar refractivity (Wildman–Crippen MR) is 57.2 cm³/mol. The van der Waals surface area contributed by atoms with Crippen LogP contribution in [0.1, 0.15) is 12.5 Å². The molecule has 0 aliphatic rings. The summed E-state index contributed by atoms with van der Waals surface area (Å²) >= 11 is 5.88. The Hall–Kier alpha value is -0.840. The van der Waals surface area contributed by atoms with Gasteiger partial charge in [0.2, 0.25) is 5.88 Å². The van der Waals surface area contributed by atoms with E-state index in [9.17, 15) is 0 Å². The van der Waals surface area contributed by atoms with Gasteiger partial charge in [-0.05, 0) is 18.6 Å². The summed E-state index contributed by atoms with van der Waals surface area (Å²) in [5, 5.41) is 9.24. The Kier molecular flexibility index (Phi) is 5.39. The maximum atomic E-state index is 8.84. The average molecular weight is 232 g/mol. The minimum absolute atomic E-state index is 0.0774. The van der Waals surface area contributed by atoms with Crippen LogP contribution in [0.5, 0.6) is 5.88 Å². The number of nitrogens with zero attached hydrogens (tertiary/aromatic N) is 1. The summed E-state index contributed by atoms with van der Waals surface area (Å²) < 4.78 is 10.4. The monoisotopic (exact) mass is 231 g/mol. The topological polar surface area (TPSA) is 51.6 Å². The first-order chi connectivity index (χ1) is 7.27. The van der Waals surface area contributed by atoms with E-state index in [1.54, 1.807) is 6.07 Å². The molecule has 1 aromatic rings. The van der Waals surface area contributed by atoms with Gasteiger partial charge in [0.05, 0.1) is 13.2 Å². The van der Waals surface area contributed by atoms with Crippen molar-refractivity contribution in [2.75, 3.05) is 19.8 Å². The average Bonchev–Trinajstić information content (AvgIpc) is 2.26. The Balaban J connectivity index is 2.47. The van der Waals surface area contributed by atoms with Crippen LogP contribution in [-0.2, 0) is 11.3 Å². The lowest BCUT2D eigenvalue weighted by atomic mass is 10.3. The maximum Gasteiger partial charge on any atom is 0.232 e. The van der Waals surface area contributed by atoms with Crippen molar-refractivity contribution in [1.29, 1.82) is 0 Å². The molecule has 0 aliphatic carbocycles. The fraction of sp³-hybridized carbons (Fsp3) is 0.500. The van der Waals surface area contributed by atoms with E-state index in [1.807, 2.05) is 6.92 Å². The largest absolute Gasteiger partial charge is 0.474 e. The highest BCUT2D eigenvalue weighted by Crippen LogP contribution is 2.22. The number of aromatic nitrogens is 1. The SMILES string of the molecule is CCOCCOc1ncc(CO)cc1Cl. The number of halogens is 1. The van der Waals surface area contributed by atoms with E-state index >= 15 is 0 Å². The van der Waals surface area contributed by atoms with Crippen LogP contribution in [-0.4, -0.2) is 29.9 Å². The van der Waals surface area contributed by atoms with E-state index in [2.05, 4.69) is 4.98 Å². The summed E-state index contributed by atoms with van der Waals surface area (Å²) in [5.74, 6) is 0.369. The summed E-state index contributed by atoms with van der Waals surface area (Å²) in [7, 11) is 0. The van der Waals surface area contributed by atoms with E-state index in [-0.39, 0.29) is 6.61 Å². The van der Waals surface area contributed by atoms with Gasteiger partial charge >= 0.3 is 0 Å². The first-order valence-corrected chi connectivity index (χ1v) is 5.11. The van der Waals surface area contributed by atoms with Gasteiger partial charge in [0, 0.05) is 12.8 Å². The van der Waals surface area contributed by atoms with Gasteiger partial charge < -0.3 is 14.6 Å². The molecule has 0 radical (unpaired) electrons. The Morgan fingerprint density at radius 1 is 1.47 bits per heavy atom. The maximum absolute atomic E-state index is 8.84. The molecule has 15 heavy (non-hydrogen) atoms. The number of aliphatic hydroxyl groups excluding tert-OH is 1. The summed E-state index contributed by atoms with van der Waals surface area (Å²) in [4.78, 5) is 3.98. The van der Waals surface area contributed by atoms with Crippen molar-refractivity contribution >= 4 is 11.6 Å². The second kappa shape index (κ2) is 6.61. The Morgan fingerprint density at radius 2 is 2.27 bits per heavy atom. The Labute approximate surface area is 93.8 Å². The molecule has 0 amide bonds. The molecule has 0 aliphatic heterocycles. The molecule has 0 saturated heterocycles. The van der Waals surface area contributed by atoms with Crippen LogP contribution in [0.4, 0.5) is 0 Å². The minimum Gasteiger partial charge on any atom is -0.474 e. The second-order valence-electron chi connectivity index (χ2n) is 2.83. The van der Waals surface area contributed by atoms with Crippen molar-refractivity contribution in [3.8, 4) is 5.88 Å². The van der Waals surface area contributed by atoms with Gasteiger partial charge in [-0.3, -0.25) is 0 Å². The van der Waals surface area contributed by atoms with Crippen LogP contribution in [0.15, 0.2) is 12.3 Å². The molecule has 0 unspecified atom stereocenters. The molecule has 0 atom stereocenters. The van der Waals surface area contributed by atoms with E-state index < -0.39 is 0 Å². The van der Waals surface area contributed by atoms with Gasteiger partial charge in [0.1, 0.15) is 11.6 Å². The van der Waals surface area contributed by atoms with Crippen molar-refractivity contribution in [2.24, 2.45) is 0 Å². The second-order valence-corrected chi connectivity index (χ2v) is 3.24. The molecule has 0 aromatic carbocycles. The van der Waals surface area contributed by atoms with Gasteiger partial charge in [-0.25, -0.2) is 4.98 Å². The molecule has 5 heteroatoms. The van der Waals surface area contributed by atoms with Gasteiger partial charge in [0.25, 0.3) is 0 Å². The Morgan fingerprint density at radius 3 is 2.87 bits per heavy atom. The van der Waals surface area contributed by atoms with Crippen LogP contribution in [0.2, 0.25) is 5.02 Å². The van der Waals surface area contributed by atoms with Gasteiger partial charge in [0.15, 0.2) is 0 Å². The molecular weight excluding hydrogens is 218 g/mol. The number of hydrogen-bond acceptors (Lipinski definition) is 4. The number of aliphatic hydroxyl groups is 1. The summed E-state index contributed by atoms with van der Waals surface area (Å²) in [6.45, 7) is 3.43. The van der Waals surface area contributed by atoms with E-state index in [0.29, 0.717) is 36.3 Å². The molecule has 1 heterocycles. The quantitative estimate of drug-likeness (QED) is 0.757. The van der Waals surface area contributed by atoms with Crippen molar-refractivity contribution in [2.45, 2.75) is 13.5 Å². The normalized spacial score (nSPS) is 10.3. The lowest BCUT2D eigenvalue weighted by molar-refractivity contribution is 0.108. The van der Waals surface area contributed by atoms with Crippen LogP contribution in [0.25, 0.3) is 0 Å². The zero-order valence-corrected chi connectivity index (χ0v) is 9.33. The van der Waals surface area contributed by atoms with Crippen molar-refractivity contribution in [3.63, 3.8) is 0 Å². The number of ether oxygens (including phenoxy) is 2.